The molecule has 18 heavy (non-hydrogen) atoms. The van der Waals surface area contributed by atoms with E-state index in [1.165, 1.54) is 64.2 Å². The third kappa shape index (κ3) is 13.6. The zero-order chi connectivity index (χ0) is 13.5. The quantitative estimate of drug-likeness (QED) is 0.294. The summed E-state index contributed by atoms with van der Waals surface area (Å²) in [6.45, 7) is 9.82. The van der Waals surface area contributed by atoms with Crippen LogP contribution in [0.4, 0.5) is 0 Å². The van der Waals surface area contributed by atoms with Gasteiger partial charge in [0.25, 0.3) is 0 Å². The van der Waals surface area contributed by atoms with Crippen LogP contribution in [0.5, 0.6) is 0 Å². The highest BCUT2D eigenvalue weighted by molar-refractivity contribution is 5.00. The van der Waals surface area contributed by atoms with E-state index in [1.54, 1.807) is 0 Å². The fraction of sp³-hybridized carbons (Fsp3) is 0.778. The summed E-state index contributed by atoms with van der Waals surface area (Å²) in [5.74, 6) is 6.66. The molecule has 0 aromatic heterocycles. The van der Waals surface area contributed by atoms with Gasteiger partial charge in [-0.3, -0.25) is 0 Å². The van der Waals surface area contributed by atoms with Gasteiger partial charge in [-0.15, -0.1) is 11.8 Å². The Kier molecular flexibility index (Phi) is 14.3. The van der Waals surface area contributed by atoms with E-state index >= 15 is 0 Å². The van der Waals surface area contributed by atoms with Gasteiger partial charge in [0.05, 0.1) is 0 Å². The van der Waals surface area contributed by atoms with Crippen LogP contribution in [0.1, 0.15) is 84.0 Å². The molecule has 0 bridgehead atoms. The smallest absolute Gasteiger partial charge is 0.0198 e. The van der Waals surface area contributed by atoms with Gasteiger partial charge in [-0.25, -0.2) is 0 Å². The van der Waals surface area contributed by atoms with Crippen molar-refractivity contribution in [3.8, 4) is 11.8 Å². The first-order valence-electron chi connectivity index (χ1n) is 7.85. The molecule has 0 N–H and O–H groups in total. The van der Waals surface area contributed by atoms with Crippen molar-refractivity contribution in [1.82, 2.24) is 0 Å². The summed E-state index contributed by atoms with van der Waals surface area (Å²) in [4.78, 5) is 0. The maximum atomic E-state index is 3.89. The zero-order valence-electron chi connectivity index (χ0n) is 12.5. The van der Waals surface area contributed by atoms with Crippen molar-refractivity contribution < 1.29 is 0 Å². The molecule has 1 atom stereocenters. The third-order valence-corrected chi connectivity index (χ3v) is 3.57. The van der Waals surface area contributed by atoms with Crippen LogP contribution in [0.3, 0.4) is 0 Å². The van der Waals surface area contributed by atoms with E-state index in [1.807, 2.05) is 0 Å². The lowest BCUT2D eigenvalue weighted by molar-refractivity contribution is 0.435. The van der Waals surface area contributed by atoms with Crippen molar-refractivity contribution in [2.45, 2.75) is 84.0 Å². The fourth-order valence-corrected chi connectivity index (χ4v) is 2.32. The Balaban J connectivity index is 3.14. The standard InChI is InChI=1S/C18H32/c1-4-6-8-10-11-12-13-15-17-18(3)16-14-9-7-5-2/h18H,1-2,5,7-17H2,3H3. The summed E-state index contributed by atoms with van der Waals surface area (Å²) in [5, 5.41) is 0. The van der Waals surface area contributed by atoms with Gasteiger partial charge in [-0.2, -0.15) is 0 Å². The Morgan fingerprint density at radius 3 is 2.00 bits per heavy atom. The Morgan fingerprint density at radius 1 is 0.833 bits per heavy atom. The maximum Gasteiger partial charge on any atom is 0.0198 e. The Labute approximate surface area is 116 Å². The van der Waals surface area contributed by atoms with Gasteiger partial charge in [-0.1, -0.05) is 78.1 Å². The highest BCUT2D eigenvalue weighted by atomic mass is 14.1. The molecule has 0 amide bonds. The number of hydrogen-bond donors (Lipinski definition) is 0. The van der Waals surface area contributed by atoms with Gasteiger partial charge in [-0.05, 0) is 12.3 Å². The first kappa shape index (κ1) is 17.6. The second-order valence-electron chi connectivity index (χ2n) is 5.47. The van der Waals surface area contributed by atoms with Crippen LogP contribution in [-0.2, 0) is 0 Å². The second kappa shape index (κ2) is 14.6. The molecular weight excluding hydrogens is 216 g/mol. The van der Waals surface area contributed by atoms with Crippen LogP contribution in [-0.4, -0.2) is 0 Å². The predicted octanol–water partition coefficient (Wildman–Crippen LogP) is 5.98. The van der Waals surface area contributed by atoms with Crippen LogP contribution in [0.15, 0.2) is 0 Å². The van der Waals surface area contributed by atoms with Gasteiger partial charge in [0.2, 0.25) is 0 Å². The van der Waals surface area contributed by atoms with Crippen LogP contribution in [0, 0.1) is 31.6 Å². The molecule has 1 unspecified atom stereocenters. The molecule has 0 aromatic rings. The van der Waals surface area contributed by atoms with Crippen molar-refractivity contribution >= 4 is 0 Å². The van der Waals surface area contributed by atoms with Crippen molar-refractivity contribution in [2.75, 3.05) is 0 Å². The molecule has 104 valence electrons. The molecule has 0 saturated carbocycles. The number of hydrogen-bond acceptors (Lipinski definition) is 0. The van der Waals surface area contributed by atoms with Crippen LogP contribution >= 0.6 is 0 Å². The summed E-state index contributed by atoms with van der Waals surface area (Å²) in [6.07, 6.45) is 15.9. The molecule has 0 nitrogen and oxygen atoms in total. The van der Waals surface area contributed by atoms with Crippen LogP contribution in [0.25, 0.3) is 0 Å². The second-order valence-corrected chi connectivity index (χ2v) is 5.47. The summed E-state index contributed by atoms with van der Waals surface area (Å²) >= 11 is 0. The summed E-state index contributed by atoms with van der Waals surface area (Å²) in [7, 11) is 0. The van der Waals surface area contributed by atoms with E-state index in [0.717, 1.165) is 18.8 Å². The lowest BCUT2D eigenvalue weighted by Gasteiger charge is -2.10. The monoisotopic (exact) mass is 248 g/mol. The summed E-state index contributed by atoms with van der Waals surface area (Å²) in [6, 6.07) is 0. The number of rotatable bonds is 12. The van der Waals surface area contributed by atoms with Gasteiger partial charge in [0.15, 0.2) is 0 Å². The molecule has 0 spiro atoms. The predicted molar refractivity (Wildman–Crippen MR) is 83.1 cm³/mol. The van der Waals surface area contributed by atoms with Crippen LogP contribution in [0.2, 0.25) is 0 Å². The lowest BCUT2D eigenvalue weighted by Crippen LogP contribution is -1.95. The SMILES string of the molecule is [CH2]C#CCCCCCCCC(C)CCCCC[CH2]. The van der Waals surface area contributed by atoms with Gasteiger partial charge >= 0.3 is 0 Å². The van der Waals surface area contributed by atoms with Crippen molar-refractivity contribution in [1.29, 1.82) is 0 Å². The molecule has 0 heteroatoms. The minimum absolute atomic E-state index is 0.923. The molecule has 0 saturated heterocycles. The van der Waals surface area contributed by atoms with E-state index in [2.05, 4.69) is 32.6 Å². The molecule has 0 aromatic carbocycles. The minimum Gasteiger partial charge on any atom is -0.103 e. The lowest BCUT2D eigenvalue weighted by atomic mass is 9.96. The third-order valence-electron chi connectivity index (χ3n) is 3.57. The fourth-order valence-electron chi connectivity index (χ4n) is 2.32. The van der Waals surface area contributed by atoms with Gasteiger partial charge < -0.3 is 0 Å². The first-order valence-corrected chi connectivity index (χ1v) is 7.85. The summed E-state index contributed by atoms with van der Waals surface area (Å²) in [5.41, 5.74) is 0. The van der Waals surface area contributed by atoms with E-state index in [4.69, 9.17) is 0 Å². The molecule has 0 heterocycles. The normalized spacial score (nSPS) is 11.9. The van der Waals surface area contributed by atoms with Crippen molar-refractivity contribution in [3.05, 3.63) is 13.8 Å². The highest BCUT2D eigenvalue weighted by Gasteiger charge is 2.01. The Bertz CT molecular complexity index is 206. The van der Waals surface area contributed by atoms with Crippen LogP contribution < -0.4 is 0 Å². The molecule has 0 rings (SSSR count). The largest absolute Gasteiger partial charge is 0.103 e. The molecular formula is C18H32. The Morgan fingerprint density at radius 2 is 1.39 bits per heavy atom. The van der Waals surface area contributed by atoms with E-state index in [9.17, 15) is 0 Å². The molecule has 0 fully saturated rings. The minimum atomic E-state index is 0.923. The molecule has 0 aliphatic heterocycles. The molecule has 0 aliphatic carbocycles. The van der Waals surface area contributed by atoms with E-state index in [0.29, 0.717) is 0 Å². The Hall–Kier alpha value is -0.440. The molecule has 0 aliphatic rings. The summed E-state index contributed by atoms with van der Waals surface area (Å²) < 4.78 is 0. The van der Waals surface area contributed by atoms with Gasteiger partial charge in [0, 0.05) is 13.3 Å². The van der Waals surface area contributed by atoms with Crippen molar-refractivity contribution in [2.24, 2.45) is 5.92 Å². The van der Waals surface area contributed by atoms with E-state index < -0.39 is 0 Å². The number of unbranched alkanes of at least 4 members (excludes halogenated alkanes) is 8. The maximum absolute atomic E-state index is 3.89. The first-order chi connectivity index (χ1) is 8.81. The van der Waals surface area contributed by atoms with Gasteiger partial charge in [0.1, 0.15) is 0 Å². The van der Waals surface area contributed by atoms with E-state index in [-0.39, 0.29) is 0 Å². The molecule has 2 radical (unpaired) electrons. The average Bonchev–Trinajstić information content (AvgIpc) is 2.38. The van der Waals surface area contributed by atoms with Crippen molar-refractivity contribution in [3.63, 3.8) is 0 Å². The average molecular weight is 248 g/mol. The highest BCUT2D eigenvalue weighted by Crippen LogP contribution is 2.17. The topological polar surface area (TPSA) is 0 Å². The zero-order valence-corrected chi connectivity index (χ0v) is 12.5.